The first-order valence-corrected chi connectivity index (χ1v) is 8.55. The Morgan fingerprint density at radius 2 is 1.76 bits per heavy atom. The van der Waals surface area contributed by atoms with Gasteiger partial charge >= 0.3 is 0 Å². The van der Waals surface area contributed by atoms with E-state index < -0.39 is 0 Å². The Hall–Kier alpha value is -3.14. The molecule has 2 aliphatic rings. The Labute approximate surface area is 145 Å². The van der Waals surface area contributed by atoms with Gasteiger partial charge < -0.3 is 10.5 Å². The summed E-state index contributed by atoms with van der Waals surface area (Å²) in [6, 6.07) is 16.5. The van der Waals surface area contributed by atoms with Gasteiger partial charge in [0, 0.05) is 29.4 Å². The Morgan fingerprint density at radius 3 is 2.64 bits per heavy atom. The predicted octanol–water partition coefficient (Wildman–Crippen LogP) is 4.31. The van der Waals surface area contributed by atoms with E-state index in [1.165, 1.54) is 5.56 Å². The largest absolute Gasteiger partial charge is 0.410 e. The van der Waals surface area contributed by atoms with Crippen molar-refractivity contribution in [2.45, 2.75) is 12.8 Å². The summed E-state index contributed by atoms with van der Waals surface area (Å²) in [4.78, 5) is 4.63. The summed E-state index contributed by atoms with van der Waals surface area (Å²) in [6.07, 6.45) is 4.12. The lowest BCUT2D eigenvalue weighted by Gasteiger charge is -2.18. The second kappa shape index (κ2) is 5.45. The van der Waals surface area contributed by atoms with Crippen LogP contribution in [0.5, 0.6) is 0 Å². The molecule has 122 valence electrons. The second-order valence-electron chi connectivity index (χ2n) is 6.48. The molecule has 0 saturated carbocycles. The van der Waals surface area contributed by atoms with E-state index in [4.69, 9.17) is 0 Å². The molecular formula is C21H17N3O. The Balaban J connectivity index is 1.75. The molecule has 0 radical (unpaired) electrons. The van der Waals surface area contributed by atoms with Crippen LogP contribution in [0.4, 0.5) is 5.82 Å². The minimum Gasteiger partial charge on any atom is -0.410 e. The molecule has 1 aromatic heterocycles. The molecule has 0 saturated heterocycles. The zero-order valence-corrected chi connectivity index (χ0v) is 13.7. The van der Waals surface area contributed by atoms with Crippen LogP contribution in [0.15, 0.2) is 59.9 Å². The molecule has 2 aromatic carbocycles. The highest BCUT2D eigenvalue weighted by atomic mass is 16.4. The summed E-state index contributed by atoms with van der Waals surface area (Å²) in [5, 5.41) is 16.5. The number of pyridine rings is 1. The van der Waals surface area contributed by atoms with Crippen LogP contribution in [-0.2, 0) is 6.42 Å². The zero-order chi connectivity index (χ0) is 16.8. The van der Waals surface area contributed by atoms with Crippen molar-refractivity contribution in [2.24, 2.45) is 5.16 Å². The van der Waals surface area contributed by atoms with Gasteiger partial charge in [-0.1, -0.05) is 47.6 Å². The molecule has 2 heterocycles. The molecule has 4 heteroatoms. The van der Waals surface area contributed by atoms with Gasteiger partial charge in [0.2, 0.25) is 0 Å². The van der Waals surface area contributed by atoms with Crippen molar-refractivity contribution in [3.05, 3.63) is 71.4 Å². The van der Waals surface area contributed by atoms with Crippen molar-refractivity contribution >= 4 is 11.5 Å². The second-order valence-corrected chi connectivity index (χ2v) is 6.48. The number of anilines is 1. The van der Waals surface area contributed by atoms with Crippen LogP contribution < -0.4 is 5.32 Å². The van der Waals surface area contributed by atoms with Crippen molar-refractivity contribution in [1.82, 2.24) is 4.98 Å². The number of benzene rings is 2. The van der Waals surface area contributed by atoms with Gasteiger partial charge in [0.05, 0.1) is 0 Å². The lowest BCUT2D eigenvalue weighted by molar-refractivity contribution is 0.320. The zero-order valence-electron chi connectivity index (χ0n) is 13.7. The van der Waals surface area contributed by atoms with Gasteiger partial charge in [0.15, 0.2) is 0 Å². The molecular weight excluding hydrogens is 310 g/mol. The number of nitrogens with zero attached hydrogens (tertiary/aromatic N) is 2. The van der Waals surface area contributed by atoms with Crippen LogP contribution in [-0.4, -0.2) is 22.4 Å². The maximum atomic E-state index is 9.55. The lowest BCUT2D eigenvalue weighted by atomic mass is 9.93. The topological polar surface area (TPSA) is 57.5 Å². The molecule has 0 bridgehead atoms. The van der Waals surface area contributed by atoms with Gasteiger partial charge in [-0.25, -0.2) is 4.98 Å². The third-order valence-corrected chi connectivity index (χ3v) is 5.06. The van der Waals surface area contributed by atoms with Crippen LogP contribution in [0.25, 0.3) is 22.3 Å². The summed E-state index contributed by atoms with van der Waals surface area (Å²) in [6.45, 7) is 0.990. The van der Waals surface area contributed by atoms with Crippen molar-refractivity contribution in [1.29, 1.82) is 0 Å². The van der Waals surface area contributed by atoms with E-state index in [-0.39, 0.29) is 0 Å². The average Bonchev–Trinajstić information content (AvgIpc) is 3.01. The standard InChI is InChI=1S/C21H17N3O/c25-24-20-17-7-2-1-6-16(17)19-15(8-3-9-18(19)20)14-11-13-5-4-10-22-21(13)23-12-14/h1-3,6-9,11-12,25H,4-5,10H2,(H,22,23)/b24-20+. The fraction of sp³-hybridized carbons (Fsp3) is 0.143. The van der Waals surface area contributed by atoms with Gasteiger partial charge in [-0.15, -0.1) is 0 Å². The minimum atomic E-state index is 0.639. The average molecular weight is 327 g/mol. The van der Waals surface area contributed by atoms with Crippen LogP contribution in [0.3, 0.4) is 0 Å². The third kappa shape index (κ3) is 2.07. The van der Waals surface area contributed by atoms with Crippen molar-refractivity contribution in [2.75, 3.05) is 11.9 Å². The Bertz CT molecular complexity index is 1020. The van der Waals surface area contributed by atoms with Crippen LogP contribution in [0.2, 0.25) is 0 Å². The minimum absolute atomic E-state index is 0.639. The van der Waals surface area contributed by atoms with Gasteiger partial charge in [-0.2, -0.15) is 0 Å². The summed E-state index contributed by atoms with van der Waals surface area (Å²) in [7, 11) is 0. The molecule has 1 aliphatic carbocycles. The van der Waals surface area contributed by atoms with Crippen LogP contribution in [0.1, 0.15) is 23.1 Å². The van der Waals surface area contributed by atoms with E-state index in [0.717, 1.165) is 58.6 Å². The first-order chi connectivity index (χ1) is 12.4. The first kappa shape index (κ1) is 14.2. The molecule has 25 heavy (non-hydrogen) atoms. The molecule has 0 spiro atoms. The van der Waals surface area contributed by atoms with Gasteiger partial charge in [-0.05, 0) is 41.2 Å². The van der Waals surface area contributed by atoms with Crippen molar-refractivity contribution in [3.8, 4) is 22.3 Å². The Morgan fingerprint density at radius 1 is 0.960 bits per heavy atom. The highest BCUT2D eigenvalue weighted by molar-refractivity contribution is 6.26. The number of aromatic nitrogens is 1. The SMILES string of the molecule is O/N=C1\c2ccccc2-c2c1cccc2-c1cnc2c(c1)CCCN2. The molecule has 1 aliphatic heterocycles. The monoisotopic (exact) mass is 327 g/mol. The number of nitrogens with one attached hydrogen (secondary N) is 1. The van der Waals surface area contributed by atoms with Crippen LogP contribution in [0, 0.1) is 0 Å². The van der Waals surface area contributed by atoms with E-state index in [1.54, 1.807) is 0 Å². The molecule has 0 amide bonds. The summed E-state index contributed by atoms with van der Waals surface area (Å²) in [5.41, 5.74) is 8.31. The van der Waals surface area contributed by atoms with E-state index in [9.17, 15) is 5.21 Å². The first-order valence-electron chi connectivity index (χ1n) is 8.55. The van der Waals surface area contributed by atoms with Crippen molar-refractivity contribution < 1.29 is 5.21 Å². The van der Waals surface area contributed by atoms with E-state index in [1.807, 2.05) is 36.5 Å². The molecule has 0 unspecified atom stereocenters. The molecule has 2 N–H and O–H groups in total. The molecule has 4 nitrogen and oxygen atoms in total. The quantitative estimate of drug-likeness (QED) is 0.404. The maximum Gasteiger partial charge on any atom is 0.129 e. The highest BCUT2D eigenvalue weighted by Gasteiger charge is 2.28. The lowest BCUT2D eigenvalue weighted by Crippen LogP contribution is -2.13. The van der Waals surface area contributed by atoms with Crippen molar-refractivity contribution in [3.63, 3.8) is 0 Å². The van der Waals surface area contributed by atoms with E-state index in [0.29, 0.717) is 5.71 Å². The maximum absolute atomic E-state index is 9.55. The molecule has 0 fully saturated rings. The number of aryl methyl sites for hydroxylation is 1. The fourth-order valence-electron chi connectivity index (χ4n) is 3.93. The smallest absolute Gasteiger partial charge is 0.129 e. The predicted molar refractivity (Wildman–Crippen MR) is 99.3 cm³/mol. The number of hydrogen-bond donors (Lipinski definition) is 2. The Kier molecular flexibility index (Phi) is 3.10. The number of hydrogen-bond acceptors (Lipinski definition) is 4. The highest BCUT2D eigenvalue weighted by Crippen LogP contribution is 2.43. The fourth-order valence-corrected chi connectivity index (χ4v) is 3.93. The number of oxime groups is 1. The summed E-state index contributed by atoms with van der Waals surface area (Å²) < 4.78 is 0. The normalized spacial score (nSPS) is 16.1. The number of rotatable bonds is 1. The van der Waals surface area contributed by atoms with E-state index in [2.05, 4.69) is 33.7 Å². The molecule has 3 aromatic rings. The van der Waals surface area contributed by atoms with Gasteiger partial charge in [-0.3, -0.25) is 0 Å². The molecule has 0 atom stereocenters. The molecule has 5 rings (SSSR count). The van der Waals surface area contributed by atoms with Gasteiger partial charge in [0.25, 0.3) is 0 Å². The number of fused-ring (bicyclic) bond motifs is 4. The summed E-state index contributed by atoms with van der Waals surface area (Å²) >= 11 is 0. The third-order valence-electron chi connectivity index (χ3n) is 5.06. The van der Waals surface area contributed by atoms with Gasteiger partial charge in [0.1, 0.15) is 11.5 Å². The van der Waals surface area contributed by atoms with Crippen LogP contribution >= 0.6 is 0 Å². The summed E-state index contributed by atoms with van der Waals surface area (Å²) in [5.74, 6) is 1.00. The van der Waals surface area contributed by atoms with E-state index >= 15 is 0 Å².